The molecule has 1 heterocycles. The molecular weight excluding hydrogens is 271 g/mol. The molecule has 22 heavy (non-hydrogen) atoms. The van der Waals surface area contributed by atoms with Crippen LogP contribution in [0.15, 0.2) is 0 Å². The molecule has 2 bridgehead atoms. The Hall–Kier alpha value is -0.0151. The van der Waals surface area contributed by atoms with Gasteiger partial charge in [-0.25, -0.2) is 0 Å². The van der Waals surface area contributed by atoms with Gasteiger partial charge in [-0.05, 0) is 70.6 Å². The van der Waals surface area contributed by atoms with Crippen molar-refractivity contribution >= 4 is 7.12 Å². The third-order valence-electron chi connectivity index (χ3n) is 8.06. The maximum atomic E-state index is 6.35. The first-order valence-electron chi connectivity index (χ1n) is 9.00. The minimum atomic E-state index is -0.172. The Morgan fingerprint density at radius 1 is 0.727 bits per heavy atom. The standard InChI is InChI=1S/C18H31BO2.CH4/c1-14(2)15(3,4)21-19(20-14)18-11-17(12-18,13-18)16(5)9-7-6-8-10-16;/h6-13H2,1-5H3;1H4. The van der Waals surface area contributed by atoms with Crippen molar-refractivity contribution in [3.05, 3.63) is 0 Å². The Balaban J connectivity index is 0.00000144. The molecule has 4 aliphatic carbocycles. The summed E-state index contributed by atoms with van der Waals surface area (Å²) in [6.07, 6.45) is 11.3. The molecule has 5 fully saturated rings. The van der Waals surface area contributed by atoms with Crippen molar-refractivity contribution in [3.8, 4) is 0 Å². The molecule has 0 radical (unpaired) electrons. The van der Waals surface area contributed by atoms with Crippen LogP contribution in [-0.4, -0.2) is 18.3 Å². The van der Waals surface area contributed by atoms with Crippen molar-refractivity contribution in [2.24, 2.45) is 10.8 Å². The van der Waals surface area contributed by atoms with E-state index in [0.29, 0.717) is 16.1 Å². The Bertz CT molecular complexity index is 426. The highest BCUT2D eigenvalue weighted by atomic mass is 16.7. The molecule has 5 rings (SSSR count). The van der Waals surface area contributed by atoms with Gasteiger partial charge in [0, 0.05) is 5.31 Å². The second-order valence-corrected chi connectivity index (χ2v) is 9.88. The molecule has 0 atom stereocenters. The van der Waals surface area contributed by atoms with E-state index in [1.165, 1.54) is 51.4 Å². The van der Waals surface area contributed by atoms with Crippen molar-refractivity contribution < 1.29 is 9.31 Å². The first kappa shape index (κ1) is 16.8. The Labute approximate surface area is 137 Å². The fourth-order valence-corrected chi connectivity index (χ4v) is 5.71. The summed E-state index contributed by atoms with van der Waals surface area (Å²) >= 11 is 0. The lowest BCUT2D eigenvalue weighted by molar-refractivity contribution is -0.205. The van der Waals surface area contributed by atoms with Gasteiger partial charge in [-0.1, -0.05) is 33.6 Å². The van der Waals surface area contributed by atoms with Gasteiger partial charge in [0.1, 0.15) is 0 Å². The summed E-state index contributed by atoms with van der Waals surface area (Å²) in [5.41, 5.74) is 0.900. The van der Waals surface area contributed by atoms with Crippen LogP contribution in [0.5, 0.6) is 0 Å². The van der Waals surface area contributed by atoms with Crippen molar-refractivity contribution in [2.75, 3.05) is 0 Å². The van der Waals surface area contributed by atoms with Crippen LogP contribution in [0.3, 0.4) is 0 Å². The molecule has 0 N–H and O–H groups in total. The fourth-order valence-electron chi connectivity index (χ4n) is 5.71. The lowest BCUT2D eigenvalue weighted by Crippen LogP contribution is -2.69. The van der Waals surface area contributed by atoms with Crippen LogP contribution in [0.2, 0.25) is 5.31 Å². The number of rotatable bonds is 2. The first-order chi connectivity index (χ1) is 9.64. The summed E-state index contributed by atoms with van der Waals surface area (Å²) in [7, 11) is 0.0385. The summed E-state index contributed by atoms with van der Waals surface area (Å²) < 4.78 is 12.7. The zero-order valence-electron chi connectivity index (χ0n) is 14.6. The summed E-state index contributed by atoms with van der Waals surface area (Å²) in [6, 6.07) is 0. The van der Waals surface area contributed by atoms with Crippen molar-refractivity contribution in [2.45, 2.75) is 110 Å². The predicted molar refractivity (Wildman–Crippen MR) is 93.0 cm³/mol. The Morgan fingerprint density at radius 3 is 1.64 bits per heavy atom. The molecular formula is C19H35BO2. The Kier molecular flexibility index (Phi) is 3.47. The van der Waals surface area contributed by atoms with Crippen molar-refractivity contribution in [1.82, 2.24) is 0 Å². The smallest absolute Gasteiger partial charge is 0.403 e. The third kappa shape index (κ3) is 1.87. The van der Waals surface area contributed by atoms with E-state index in [4.69, 9.17) is 9.31 Å². The van der Waals surface area contributed by atoms with E-state index in [1.807, 2.05) is 0 Å². The molecule has 3 heteroatoms. The minimum Gasteiger partial charge on any atom is -0.403 e. The molecule has 0 aromatic rings. The zero-order chi connectivity index (χ0) is 15.1. The van der Waals surface area contributed by atoms with E-state index in [0.717, 1.165) is 0 Å². The van der Waals surface area contributed by atoms with Gasteiger partial charge >= 0.3 is 7.12 Å². The van der Waals surface area contributed by atoms with Crippen LogP contribution in [0.25, 0.3) is 0 Å². The lowest BCUT2D eigenvalue weighted by atomic mass is 9.19. The van der Waals surface area contributed by atoms with Gasteiger partial charge in [-0.3, -0.25) is 0 Å². The van der Waals surface area contributed by atoms with E-state index in [-0.39, 0.29) is 25.7 Å². The van der Waals surface area contributed by atoms with Crippen LogP contribution in [0.1, 0.15) is 93.4 Å². The van der Waals surface area contributed by atoms with Crippen molar-refractivity contribution in [3.63, 3.8) is 0 Å². The Morgan fingerprint density at radius 2 is 1.18 bits per heavy atom. The van der Waals surface area contributed by atoms with Gasteiger partial charge in [-0.15, -0.1) is 0 Å². The quantitative estimate of drug-likeness (QED) is 0.617. The van der Waals surface area contributed by atoms with Crippen LogP contribution in [0.4, 0.5) is 0 Å². The maximum Gasteiger partial charge on any atom is 0.464 e. The average Bonchev–Trinajstić information content (AvgIpc) is 2.44. The predicted octanol–water partition coefficient (Wildman–Crippen LogP) is 5.61. The van der Waals surface area contributed by atoms with Gasteiger partial charge in [0.25, 0.3) is 0 Å². The van der Waals surface area contributed by atoms with E-state index >= 15 is 0 Å². The number of hydrogen-bond donors (Lipinski definition) is 0. The molecule has 1 saturated heterocycles. The topological polar surface area (TPSA) is 18.5 Å². The monoisotopic (exact) mass is 306 g/mol. The van der Waals surface area contributed by atoms with E-state index in [9.17, 15) is 0 Å². The summed E-state index contributed by atoms with van der Waals surface area (Å²) in [5.74, 6) is 0. The van der Waals surface area contributed by atoms with E-state index in [1.54, 1.807) is 0 Å². The van der Waals surface area contributed by atoms with Gasteiger partial charge in [0.15, 0.2) is 0 Å². The molecule has 0 spiro atoms. The van der Waals surface area contributed by atoms with Crippen LogP contribution in [-0.2, 0) is 9.31 Å². The van der Waals surface area contributed by atoms with Crippen LogP contribution in [0, 0.1) is 10.8 Å². The van der Waals surface area contributed by atoms with Gasteiger partial charge < -0.3 is 9.31 Å². The van der Waals surface area contributed by atoms with Crippen molar-refractivity contribution in [1.29, 1.82) is 0 Å². The zero-order valence-corrected chi connectivity index (χ0v) is 14.6. The highest BCUT2D eigenvalue weighted by Crippen LogP contribution is 2.86. The first-order valence-corrected chi connectivity index (χ1v) is 9.00. The van der Waals surface area contributed by atoms with E-state index < -0.39 is 0 Å². The lowest BCUT2D eigenvalue weighted by Gasteiger charge is -2.77. The number of hydrogen-bond acceptors (Lipinski definition) is 2. The van der Waals surface area contributed by atoms with Crippen LogP contribution < -0.4 is 0 Å². The molecule has 126 valence electrons. The molecule has 0 unspecified atom stereocenters. The minimum absolute atomic E-state index is 0. The molecule has 4 saturated carbocycles. The molecule has 0 aromatic carbocycles. The molecule has 0 amide bonds. The summed E-state index contributed by atoms with van der Waals surface area (Å²) in [4.78, 5) is 0. The summed E-state index contributed by atoms with van der Waals surface area (Å²) in [5, 5.41) is 0.353. The molecule has 5 aliphatic rings. The average molecular weight is 306 g/mol. The second kappa shape index (κ2) is 4.54. The molecule has 0 aromatic heterocycles. The van der Waals surface area contributed by atoms with Crippen LogP contribution >= 0.6 is 0 Å². The fraction of sp³-hybridized carbons (Fsp3) is 1.00. The van der Waals surface area contributed by atoms with Gasteiger partial charge in [0.05, 0.1) is 11.2 Å². The third-order valence-corrected chi connectivity index (χ3v) is 8.06. The second-order valence-electron chi connectivity index (χ2n) is 9.88. The van der Waals surface area contributed by atoms with Gasteiger partial charge in [-0.2, -0.15) is 0 Å². The molecule has 1 aliphatic heterocycles. The normalized spacial score (nSPS) is 43.8. The SMILES string of the molecule is C.CC1(C23CC(B4OC(C)(C)C(C)(C)O4)(C2)C3)CCCCC1. The highest BCUT2D eigenvalue weighted by molar-refractivity contribution is 6.51. The highest BCUT2D eigenvalue weighted by Gasteiger charge is 2.79. The summed E-state index contributed by atoms with van der Waals surface area (Å²) in [6.45, 7) is 11.3. The largest absolute Gasteiger partial charge is 0.464 e. The molecule has 2 nitrogen and oxygen atoms in total. The van der Waals surface area contributed by atoms with E-state index in [2.05, 4.69) is 34.6 Å². The van der Waals surface area contributed by atoms with Gasteiger partial charge in [0.2, 0.25) is 0 Å². The maximum absolute atomic E-state index is 6.35.